The molecule has 0 aliphatic heterocycles. The van der Waals surface area contributed by atoms with Gasteiger partial charge in [-0.25, -0.2) is 0 Å². The zero-order valence-corrected chi connectivity index (χ0v) is 12.1. The van der Waals surface area contributed by atoms with Gasteiger partial charge < -0.3 is 19.9 Å². The molecule has 0 bridgehead atoms. The summed E-state index contributed by atoms with van der Waals surface area (Å²) in [5, 5.41) is 0. The predicted molar refractivity (Wildman–Crippen MR) is 77.0 cm³/mol. The number of ether oxygens (including phenoxy) is 3. The largest absolute Gasteiger partial charge is 0.490 e. The summed E-state index contributed by atoms with van der Waals surface area (Å²) in [4.78, 5) is 0. The summed E-state index contributed by atoms with van der Waals surface area (Å²) in [5.41, 5.74) is 6.97. The highest BCUT2D eigenvalue weighted by Crippen LogP contribution is 2.28. The lowest BCUT2D eigenvalue weighted by atomic mass is 10.1. The van der Waals surface area contributed by atoms with Gasteiger partial charge in [0.05, 0.1) is 13.2 Å². The molecule has 0 saturated heterocycles. The minimum Gasteiger partial charge on any atom is -0.490 e. The van der Waals surface area contributed by atoms with E-state index in [9.17, 15) is 0 Å². The van der Waals surface area contributed by atoms with Crippen molar-refractivity contribution < 1.29 is 14.2 Å². The maximum atomic E-state index is 5.81. The highest BCUT2D eigenvalue weighted by molar-refractivity contribution is 5.43. The molecule has 0 heterocycles. The van der Waals surface area contributed by atoms with E-state index in [0.29, 0.717) is 26.4 Å². The van der Waals surface area contributed by atoms with Crippen LogP contribution in [0.5, 0.6) is 11.5 Å². The molecular formula is C15H25NO3. The predicted octanol–water partition coefficient (Wildman–Crippen LogP) is 2.39. The Morgan fingerprint density at radius 3 is 2.47 bits per heavy atom. The number of nitrogens with two attached hydrogens (primary N) is 1. The summed E-state index contributed by atoms with van der Waals surface area (Å²) in [6.07, 6.45) is 0.833. The SMILES string of the molecule is CCOCCOc1ccc(CC(C)N)cc1OCC. The fraction of sp³-hybridized carbons (Fsp3) is 0.600. The van der Waals surface area contributed by atoms with Crippen LogP contribution in [0, 0.1) is 0 Å². The van der Waals surface area contributed by atoms with Gasteiger partial charge in [-0.1, -0.05) is 6.07 Å². The number of benzene rings is 1. The Balaban J connectivity index is 2.67. The molecule has 0 amide bonds. The molecule has 4 heteroatoms. The Labute approximate surface area is 115 Å². The minimum absolute atomic E-state index is 0.138. The molecule has 0 aromatic heterocycles. The number of hydrogen-bond donors (Lipinski definition) is 1. The van der Waals surface area contributed by atoms with E-state index in [1.54, 1.807) is 0 Å². The van der Waals surface area contributed by atoms with Crippen LogP contribution in [0.4, 0.5) is 0 Å². The molecule has 2 N–H and O–H groups in total. The van der Waals surface area contributed by atoms with E-state index in [1.807, 2.05) is 39.0 Å². The molecule has 19 heavy (non-hydrogen) atoms. The maximum absolute atomic E-state index is 5.81. The van der Waals surface area contributed by atoms with Gasteiger partial charge in [0.15, 0.2) is 11.5 Å². The van der Waals surface area contributed by atoms with Crippen LogP contribution in [-0.2, 0) is 11.2 Å². The van der Waals surface area contributed by atoms with Gasteiger partial charge in [0.2, 0.25) is 0 Å². The van der Waals surface area contributed by atoms with Crippen molar-refractivity contribution in [3.8, 4) is 11.5 Å². The fourth-order valence-electron chi connectivity index (χ4n) is 1.79. The molecule has 0 fully saturated rings. The fourth-order valence-corrected chi connectivity index (χ4v) is 1.79. The van der Waals surface area contributed by atoms with E-state index < -0.39 is 0 Å². The van der Waals surface area contributed by atoms with E-state index in [-0.39, 0.29) is 6.04 Å². The molecule has 108 valence electrons. The van der Waals surface area contributed by atoms with Gasteiger partial charge in [0.25, 0.3) is 0 Å². The van der Waals surface area contributed by atoms with Crippen molar-refractivity contribution in [1.29, 1.82) is 0 Å². The Bertz CT molecular complexity index is 366. The monoisotopic (exact) mass is 267 g/mol. The van der Waals surface area contributed by atoms with Gasteiger partial charge >= 0.3 is 0 Å². The van der Waals surface area contributed by atoms with Crippen molar-refractivity contribution in [1.82, 2.24) is 0 Å². The molecule has 1 rings (SSSR count). The van der Waals surface area contributed by atoms with Crippen molar-refractivity contribution in [3.05, 3.63) is 23.8 Å². The van der Waals surface area contributed by atoms with Crippen LogP contribution >= 0.6 is 0 Å². The van der Waals surface area contributed by atoms with Gasteiger partial charge in [-0.15, -0.1) is 0 Å². The summed E-state index contributed by atoms with van der Waals surface area (Å²) in [7, 11) is 0. The van der Waals surface area contributed by atoms with E-state index in [2.05, 4.69) is 0 Å². The van der Waals surface area contributed by atoms with Crippen molar-refractivity contribution in [2.24, 2.45) is 5.73 Å². The van der Waals surface area contributed by atoms with E-state index in [0.717, 1.165) is 23.5 Å². The summed E-state index contributed by atoms with van der Waals surface area (Å²) in [5.74, 6) is 1.53. The second-order valence-electron chi connectivity index (χ2n) is 4.44. The van der Waals surface area contributed by atoms with Crippen LogP contribution in [0.3, 0.4) is 0 Å². The van der Waals surface area contributed by atoms with Crippen LogP contribution in [0.15, 0.2) is 18.2 Å². The standard InChI is InChI=1S/C15H25NO3/c1-4-17-8-9-19-14-7-6-13(10-12(3)16)11-15(14)18-5-2/h6-7,11-12H,4-5,8-10,16H2,1-3H3. The molecule has 1 aromatic rings. The number of hydrogen-bond acceptors (Lipinski definition) is 4. The third kappa shape index (κ3) is 5.94. The lowest BCUT2D eigenvalue weighted by molar-refractivity contribution is 0.108. The average molecular weight is 267 g/mol. The lowest BCUT2D eigenvalue weighted by Crippen LogP contribution is -2.17. The van der Waals surface area contributed by atoms with E-state index >= 15 is 0 Å². The average Bonchev–Trinajstić information content (AvgIpc) is 2.36. The zero-order chi connectivity index (χ0) is 14.1. The summed E-state index contributed by atoms with van der Waals surface area (Å²) >= 11 is 0. The van der Waals surface area contributed by atoms with Gasteiger partial charge in [0.1, 0.15) is 6.61 Å². The molecule has 1 atom stereocenters. The van der Waals surface area contributed by atoms with Gasteiger partial charge in [-0.2, -0.15) is 0 Å². The molecule has 0 aliphatic carbocycles. The van der Waals surface area contributed by atoms with Crippen molar-refractivity contribution in [3.63, 3.8) is 0 Å². The second kappa shape index (κ2) is 8.77. The first-order valence-corrected chi connectivity index (χ1v) is 6.89. The topological polar surface area (TPSA) is 53.7 Å². The van der Waals surface area contributed by atoms with E-state index in [1.165, 1.54) is 0 Å². The molecule has 1 unspecified atom stereocenters. The summed E-state index contributed by atoms with van der Waals surface area (Å²) in [6, 6.07) is 6.11. The first kappa shape index (κ1) is 15.8. The first-order valence-electron chi connectivity index (χ1n) is 6.89. The molecule has 0 saturated carbocycles. The summed E-state index contributed by atoms with van der Waals surface area (Å²) < 4.78 is 16.5. The highest BCUT2D eigenvalue weighted by Gasteiger charge is 2.07. The Hall–Kier alpha value is -1.26. The van der Waals surface area contributed by atoms with Crippen molar-refractivity contribution >= 4 is 0 Å². The Morgan fingerprint density at radius 1 is 1.05 bits per heavy atom. The Kier molecular flexibility index (Phi) is 7.30. The van der Waals surface area contributed by atoms with Crippen molar-refractivity contribution in [2.45, 2.75) is 33.2 Å². The highest BCUT2D eigenvalue weighted by atomic mass is 16.5. The molecule has 0 spiro atoms. The molecule has 1 aromatic carbocycles. The third-order valence-electron chi connectivity index (χ3n) is 2.56. The third-order valence-corrected chi connectivity index (χ3v) is 2.56. The molecule has 0 aliphatic rings. The van der Waals surface area contributed by atoms with Crippen LogP contribution in [0.25, 0.3) is 0 Å². The van der Waals surface area contributed by atoms with Crippen LogP contribution in [0.1, 0.15) is 26.3 Å². The van der Waals surface area contributed by atoms with Crippen LogP contribution in [0.2, 0.25) is 0 Å². The number of rotatable bonds is 9. The van der Waals surface area contributed by atoms with Crippen molar-refractivity contribution in [2.75, 3.05) is 26.4 Å². The van der Waals surface area contributed by atoms with E-state index in [4.69, 9.17) is 19.9 Å². The second-order valence-corrected chi connectivity index (χ2v) is 4.44. The van der Waals surface area contributed by atoms with Gasteiger partial charge in [0, 0.05) is 12.6 Å². The first-order chi connectivity index (χ1) is 9.17. The summed E-state index contributed by atoms with van der Waals surface area (Å²) in [6.45, 7) is 8.35. The van der Waals surface area contributed by atoms with Gasteiger partial charge in [-0.05, 0) is 44.9 Å². The molecule has 4 nitrogen and oxygen atoms in total. The normalized spacial score (nSPS) is 12.2. The minimum atomic E-state index is 0.138. The molecule has 0 radical (unpaired) electrons. The quantitative estimate of drug-likeness (QED) is 0.698. The smallest absolute Gasteiger partial charge is 0.161 e. The van der Waals surface area contributed by atoms with Crippen LogP contribution in [-0.4, -0.2) is 32.5 Å². The lowest BCUT2D eigenvalue weighted by Gasteiger charge is -2.14. The zero-order valence-electron chi connectivity index (χ0n) is 12.1. The van der Waals surface area contributed by atoms with Gasteiger partial charge in [-0.3, -0.25) is 0 Å². The van der Waals surface area contributed by atoms with Crippen LogP contribution < -0.4 is 15.2 Å². The Morgan fingerprint density at radius 2 is 1.84 bits per heavy atom. The molecular weight excluding hydrogens is 242 g/mol. The maximum Gasteiger partial charge on any atom is 0.161 e.